The Kier molecular flexibility index (Phi) is 6.06. The second kappa shape index (κ2) is 7.33. The Morgan fingerprint density at radius 1 is 1.00 bits per heavy atom. The minimum Gasteiger partial charge on any atom is -0.468 e. The molecule has 0 atom stereocenters. The van der Waals surface area contributed by atoms with Crippen molar-refractivity contribution >= 4 is 0 Å². The van der Waals surface area contributed by atoms with E-state index in [0.29, 0.717) is 6.79 Å². The quantitative estimate of drug-likeness (QED) is 0.623. The molecule has 1 aromatic carbocycles. The molecule has 0 aromatic heterocycles. The normalized spacial score (nSPS) is 11.5. The molecule has 0 amide bonds. The van der Waals surface area contributed by atoms with Crippen LogP contribution >= 0.6 is 0 Å². The van der Waals surface area contributed by atoms with Gasteiger partial charge >= 0.3 is 0 Å². The summed E-state index contributed by atoms with van der Waals surface area (Å²) in [5.41, 5.74) is -0.0104. The number of hydrogen-bond acceptors (Lipinski definition) is 2. The van der Waals surface area contributed by atoms with E-state index in [2.05, 4.69) is 20.8 Å². The minimum absolute atomic E-state index is 0.0104. The van der Waals surface area contributed by atoms with Gasteiger partial charge in [-0.05, 0) is 31.4 Å². The highest BCUT2D eigenvalue weighted by molar-refractivity contribution is 5.20. The fraction of sp³-hybridized carbons (Fsp3) is 0.600. The molecule has 0 spiro atoms. The Balaban J connectivity index is 2.42. The van der Waals surface area contributed by atoms with Crippen molar-refractivity contribution in [3.8, 4) is 5.75 Å². The maximum absolute atomic E-state index is 5.95. The summed E-state index contributed by atoms with van der Waals surface area (Å²) in [5.74, 6) is 0.866. The standard InChI is InChI=1S/C15H24O2/c1-4-12-15(5-2,6-3)17-13-16-14-10-8-7-9-11-14/h7-11H,4-6,12-13H2,1-3H3. The molecule has 0 saturated carbocycles. The first-order chi connectivity index (χ1) is 8.26. The molecule has 0 fully saturated rings. The van der Waals surface area contributed by atoms with E-state index in [1.807, 2.05) is 30.3 Å². The van der Waals surface area contributed by atoms with Gasteiger partial charge in [-0.25, -0.2) is 0 Å². The van der Waals surface area contributed by atoms with Gasteiger partial charge in [0.05, 0.1) is 5.60 Å². The van der Waals surface area contributed by atoms with Crippen LogP contribution in [0.4, 0.5) is 0 Å². The van der Waals surface area contributed by atoms with Crippen LogP contribution in [-0.4, -0.2) is 12.4 Å². The summed E-state index contributed by atoms with van der Waals surface area (Å²) in [6.45, 7) is 6.90. The van der Waals surface area contributed by atoms with Gasteiger partial charge in [0.15, 0.2) is 6.79 Å². The highest BCUT2D eigenvalue weighted by Crippen LogP contribution is 2.26. The molecule has 0 aliphatic carbocycles. The van der Waals surface area contributed by atoms with Gasteiger partial charge in [0.2, 0.25) is 0 Å². The average molecular weight is 236 g/mol. The molecule has 1 rings (SSSR count). The van der Waals surface area contributed by atoms with E-state index in [-0.39, 0.29) is 5.60 Å². The van der Waals surface area contributed by atoms with E-state index < -0.39 is 0 Å². The summed E-state index contributed by atoms with van der Waals surface area (Å²) < 4.78 is 11.5. The summed E-state index contributed by atoms with van der Waals surface area (Å²) in [7, 11) is 0. The van der Waals surface area contributed by atoms with Crippen LogP contribution in [-0.2, 0) is 4.74 Å². The van der Waals surface area contributed by atoms with E-state index in [0.717, 1.165) is 31.4 Å². The van der Waals surface area contributed by atoms with Crippen molar-refractivity contribution in [1.29, 1.82) is 0 Å². The van der Waals surface area contributed by atoms with E-state index in [1.165, 1.54) is 0 Å². The Hall–Kier alpha value is -1.02. The first kappa shape index (κ1) is 14.0. The van der Waals surface area contributed by atoms with Crippen molar-refractivity contribution in [3.05, 3.63) is 30.3 Å². The molecule has 0 unspecified atom stereocenters. The molecule has 0 saturated heterocycles. The molecule has 0 radical (unpaired) electrons. The van der Waals surface area contributed by atoms with Gasteiger partial charge in [-0.1, -0.05) is 45.4 Å². The number of ether oxygens (including phenoxy) is 2. The lowest BCUT2D eigenvalue weighted by Gasteiger charge is -2.31. The zero-order valence-electron chi connectivity index (χ0n) is 11.2. The van der Waals surface area contributed by atoms with Gasteiger partial charge in [-0.2, -0.15) is 0 Å². The zero-order chi connectivity index (χ0) is 12.6. The van der Waals surface area contributed by atoms with Gasteiger partial charge in [0.25, 0.3) is 0 Å². The molecule has 0 N–H and O–H groups in total. The van der Waals surface area contributed by atoms with Crippen LogP contribution in [0.15, 0.2) is 30.3 Å². The number of hydrogen-bond donors (Lipinski definition) is 0. The van der Waals surface area contributed by atoms with Crippen LogP contribution in [0.2, 0.25) is 0 Å². The number of rotatable bonds is 8. The molecule has 0 heterocycles. The van der Waals surface area contributed by atoms with Crippen molar-refractivity contribution in [2.24, 2.45) is 0 Å². The van der Waals surface area contributed by atoms with Crippen LogP contribution < -0.4 is 4.74 Å². The molecule has 96 valence electrons. The first-order valence-corrected chi connectivity index (χ1v) is 6.58. The summed E-state index contributed by atoms with van der Waals surface area (Å²) in [6, 6.07) is 9.81. The van der Waals surface area contributed by atoms with Gasteiger partial charge in [-0.15, -0.1) is 0 Å². The lowest BCUT2D eigenvalue weighted by Crippen LogP contribution is -2.32. The van der Waals surface area contributed by atoms with Crippen molar-refractivity contribution in [1.82, 2.24) is 0 Å². The molecular formula is C15H24O2. The van der Waals surface area contributed by atoms with Crippen molar-refractivity contribution in [2.45, 2.75) is 52.1 Å². The Labute approximate surface area is 105 Å². The molecule has 2 heteroatoms. The molecule has 17 heavy (non-hydrogen) atoms. The Morgan fingerprint density at radius 3 is 2.18 bits per heavy atom. The van der Waals surface area contributed by atoms with E-state index >= 15 is 0 Å². The van der Waals surface area contributed by atoms with Crippen molar-refractivity contribution < 1.29 is 9.47 Å². The highest BCUT2D eigenvalue weighted by atomic mass is 16.7. The topological polar surface area (TPSA) is 18.5 Å². The summed E-state index contributed by atoms with van der Waals surface area (Å²) in [6.07, 6.45) is 4.32. The van der Waals surface area contributed by atoms with Crippen LogP contribution in [0.5, 0.6) is 5.75 Å². The fourth-order valence-electron chi connectivity index (χ4n) is 2.07. The van der Waals surface area contributed by atoms with Crippen LogP contribution in [0.25, 0.3) is 0 Å². The van der Waals surface area contributed by atoms with Gasteiger partial charge < -0.3 is 9.47 Å². The summed E-state index contributed by atoms with van der Waals surface area (Å²) in [4.78, 5) is 0. The second-order valence-electron chi connectivity index (χ2n) is 4.36. The van der Waals surface area contributed by atoms with Crippen molar-refractivity contribution in [2.75, 3.05) is 6.79 Å². The largest absolute Gasteiger partial charge is 0.468 e. The third-order valence-electron chi connectivity index (χ3n) is 3.33. The maximum atomic E-state index is 5.95. The predicted octanol–water partition coefficient (Wildman–Crippen LogP) is 4.40. The van der Waals surface area contributed by atoms with Gasteiger partial charge in [0.1, 0.15) is 5.75 Å². The molecule has 0 bridgehead atoms. The summed E-state index contributed by atoms with van der Waals surface area (Å²) >= 11 is 0. The number of para-hydroxylation sites is 1. The zero-order valence-corrected chi connectivity index (χ0v) is 11.2. The van der Waals surface area contributed by atoms with Crippen LogP contribution in [0.3, 0.4) is 0 Å². The van der Waals surface area contributed by atoms with E-state index in [9.17, 15) is 0 Å². The first-order valence-electron chi connectivity index (χ1n) is 6.58. The van der Waals surface area contributed by atoms with E-state index in [1.54, 1.807) is 0 Å². The van der Waals surface area contributed by atoms with Crippen LogP contribution in [0, 0.1) is 0 Å². The third kappa shape index (κ3) is 4.39. The molecule has 2 nitrogen and oxygen atoms in total. The second-order valence-corrected chi connectivity index (χ2v) is 4.36. The average Bonchev–Trinajstić information content (AvgIpc) is 2.39. The fourth-order valence-corrected chi connectivity index (χ4v) is 2.07. The number of benzene rings is 1. The monoisotopic (exact) mass is 236 g/mol. The third-order valence-corrected chi connectivity index (χ3v) is 3.33. The predicted molar refractivity (Wildman–Crippen MR) is 71.2 cm³/mol. The van der Waals surface area contributed by atoms with E-state index in [4.69, 9.17) is 9.47 Å². The SMILES string of the molecule is CCCC(CC)(CC)OCOc1ccccc1. The summed E-state index contributed by atoms with van der Waals surface area (Å²) in [5, 5.41) is 0. The lowest BCUT2D eigenvalue weighted by atomic mass is 9.92. The molecule has 1 aromatic rings. The lowest BCUT2D eigenvalue weighted by molar-refractivity contribution is -0.114. The van der Waals surface area contributed by atoms with Crippen molar-refractivity contribution in [3.63, 3.8) is 0 Å². The minimum atomic E-state index is -0.0104. The van der Waals surface area contributed by atoms with Crippen LogP contribution in [0.1, 0.15) is 46.5 Å². The molecule has 0 aliphatic heterocycles. The molecular weight excluding hydrogens is 212 g/mol. The smallest absolute Gasteiger partial charge is 0.189 e. The van der Waals surface area contributed by atoms with Gasteiger partial charge in [-0.3, -0.25) is 0 Å². The van der Waals surface area contributed by atoms with Gasteiger partial charge in [0, 0.05) is 0 Å². The highest BCUT2D eigenvalue weighted by Gasteiger charge is 2.25. The maximum Gasteiger partial charge on any atom is 0.189 e. The Morgan fingerprint density at radius 2 is 1.65 bits per heavy atom. The Bertz CT molecular complexity index is 291. The molecule has 0 aliphatic rings.